The van der Waals surface area contributed by atoms with Crippen LogP contribution in [0.4, 0.5) is 0 Å². The van der Waals surface area contributed by atoms with E-state index in [0.717, 1.165) is 6.54 Å². The van der Waals surface area contributed by atoms with Crippen molar-refractivity contribution >= 4 is 0 Å². The van der Waals surface area contributed by atoms with E-state index in [1.54, 1.807) is 0 Å². The maximum Gasteiger partial charge on any atom is 0.0360 e. The van der Waals surface area contributed by atoms with Gasteiger partial charge in [-0.25, -0.2) is 0 Å². The van der Waals surface area contributed by atoms with Crippen molar-refractivity contribution in [2.75, 3.05) is 20.6 Å². The summed E-state index contributed by atoms with van der Waals surface area (Å²) in [5.41, 5.74) is 4.16. The Bertz CT molecular complexity index is 347. The summed E-state index contributed by atoms with van der Waals surface area (Å²) in [5, 5.41) is 6.78. The predicted molar refractivity (Wildman–Crippen MR) is 75.4 cm³/mol. The summed E-state index contributed by atoms with van der Waals surface area (Å²) in [7, 11) is 4.09. The molecule has 2 unspecified atom stereocenters. The van der Waals surface area contributed by atoms with Crippen LogP contribution in [0.2, 0.25) is 0 Å². The monoisotopic (exact) mass is 234 g/mol. The molecule has 0 fully saturated rings. The second kappa shape index (κ2) is 6.77. The number of hydrogen-bond donors (Lipinski definition) is 2. The highest BCUT2D eigenvalue weighted by atomic mass is 14.9. The van der Waals surface area contributed by atoms with Crippen molar-refractivity contribution in [3.8, 4) is 0 Å². The van der Waals surface area contributed by atoms with Gasteiger partial charge in [0.25, 0.3) is 0 Å². The minimum absolute atomic E-state index is 0.437. The molecular weight excluding hydrogens is 208 g/mol. The first kappa shape index (κ1) is 14.2. The fraction of sp³-hybridized carbons (Fsp3) is 0.600. The Morgan fingerprint density at radius 1 is 1.18 bits per heavy atom. The molecule has 0 amide bonds. The zero-order chi connectivity index (χ0) is 12.8. The quantitative estimate of drug-likeness (QED) is 0.791. The summed E-state index contributed by atoms with van der Waals surface area (Å²) in [5.74, 6) is 0.630. The van der Waals surface area contributed by atoms with Gasteiger partial charge in [-0.05, 0) is 51.5 Å². The molecule has 1 rings (SSSR count). The van der Waals surface area contributed by atoms with Crippen molar-refractivity contribution in [1.82, 2.24) is 10.6 Å². The summed E-state index contributed by atoms with van der Waals surface area (Å²) in [6.45, 7) is 7.67. The lowest BCUT2D eigenvalue weighted by atomic mass is 9.87. The first-order valence-electron chi connectivity index (χ1n) is 6.53. The van der Waals surface area contributed by atoms with Crippen molar-refractivity contribution in [2.24, 2.45) is 5.92 Å². The Morgan fingerprint density at radius 3 is 2.41 bits per heavy atom. The highest BCUT2D eigenvalue weighted by Gasteiger charge is 2.21. The van der Waals surface area contributed by atoms with Gasteiger partial charge in [0.2, 0.25) is 0 Å². The molecule has 2 N–H and O–H groups in total. The zero-order valence-corrected chi connectivity index (χ0v) is 11.8. The number of hydrogen-bond acceptors (Lipinski definition) is 2. The third kappa shape index (κ3) is 3.55. The molecule has 1 aromatic carbocycles. The number of nitrogens with one attached hydrogen (secondary N) is 2. The van der Waals surface area contributed by atoms with Crippen LogP contribution in [0.1, 0.15) is 36.1 Å². The van der Waals surface area contributed by atoms with Crippen molar-refractivity contribution in [3.63, 3.8) is 0 Å². The van der Waals surface area contributed by atoms with Crippen molar-refractivity contribution in [1.29, 1.82) is 0 Å². The van der Waals surface area contributed by atoms with Crippen molar-refractivity contribution in [3.05, 3.63) is 34.9 Å². The maximum absolute atomic E-state index is 3.48. The van der Waals surface area contributed by atoms with Crippen LogP contribution < -0.4 is 10.6 Å². The van der Waals surface area contributed by atoms with E-state index in [4.69, 9.17) is 0 Å². The molecule has 0 heterocycles. The largest absolute Gasteiger partial charge is 0.319 e. The standard InChI is InChI=1S/C15H26N2/c1-6-13(10-16-4)15(17-5)14-9-11(2)7-8-12(14)3/h7-9,13,15-17H,6,10H2,1-5H3. The Balaban J connectivity index is 3.02. The van der Waals surface area contributed by atoms with Gasteiger partial charge in [-0.3, -0.25) is 0 Å². The smallest absolute Gasteiger partial charge is 0.0360 e. The van der Waals surface area contributed by atoms with Gasteiger partial charge < -0.3 is 10.6 Å². The Labute approximate surface area is 106 Å². The Morgan fingerprint density at radius 2 is 1.88 bits per heavy atom. The minimum atomic E-state index is 0.437. The fourth-order valence-corrected chi connectivity index (χ4v) is 2.50. The first-order valence-corrected chi connectivity index (χ1v) is 6.53. The number of benzene rings is 1. The lowest BCUT2D eigenvalue weighted by molar-refractivity contribution is 0.358. The van der Waals surface area contributed by atoms with Gasteiger partial charge in [-0.2, -0.15) is 0 Å². The van der Waals surface area contributed by atoms with E-state index >= 15 is 0 Å². The van der Waals surface area contributed by atoms with E-state index in [9.17, 15) is 0 Å². The molecule has 1 aromatic rings. The van der Waals surface area contributed by atoms with Crippen LogP contribution in [0.15, 0.2) is 18.2 Å². The van der Waals surface area contributed by atoms with Gasteiger partial charge in [0.1, 0.15) is 0 Å². The molecule has 0 saturated carbocycles. The third-order valence-corrected chi connectivity index (χ3v) is 3.54. The Kier molecular flexibility index (Phi) is 5.66. The summed E-state index contributed by atoms with van der Waals surface area (Å²) in [4.78, 5) is 0. The van der Waals surface area contributed by atoms with Gasteiger partial charge in [0.15, 0.2) is 0 Å². The van der Waals surface area contributed by atoms with E-state index in [1.807, 2.05) is 7.05 Å². The van der Waals surface area contributed by atoms with Crippen LogP contribution >= 0.6 is 0 Å². The SMILES string of the molecule is CCC(CNC)C(NC)c1cc(C)ccc1C. The number of aryl methyl sites for hydroxylation is 2. The van der Waals surface area contributed by atoms with Crippen LogP contribution in [0.25, 0.3) is 0 Å². The molecule has 0 spiro atoms. The van der Waals surface area contributed by atoms with E-state index in [-0.39, 0.29) is 0 Å². The van der Waals surface area contributed by atoms with E-state index < -0.39 is 0 Å². The van der Waals surface area contributed by atoms with E-state index in [0.29, 0.717) is 12.0 Å². The maximum atomic E-state index is 3.48. The van der Waals surface area contributed by atoms with Crippen LogP contribution in [0.5, 0.6) is 0 Å². The highest BCUT2D eigenvalue weighted by Crippen LogP contribution is 2.27. The van der Waals surface area contributed by atoms with Gasteiger partial charge in [0, 0.05) is 6.04 Å². The normalized spacial score (nSPS) is 14.6. The van der Waals surface area contributed by atoms with Gasteiger partial charge >= 0.3 is 0 Å². The number of rotatable bonds is 6. The molecule has 2 nitrogen and oxygen atoms in total. The van der Waals surface area contributed by atoms with Crippen LogP contribution in [0.3, 0.4) is 0 Å². The van der Waals surface area contributed by atoms with Crippen LogP contribution in [-0.4, -0.2) is 20.6 Å². The molecule has 96 valence electrons. The Hall–Kier alpha value is -0.860. The minimum Gasteiger partial charge on any atom is -0.319 e. The molecule has 17 heavy (non-hydrogen) atoms. The van der Waals surface area contributed by atoms with Gasteiger partial charge in [0.05, 0.1) is 0 Å². The molecule has 0 aliphatic rings. The summed E-state index contributed by atoms with van der Waals surface area (Å²) >= 11 is 0. The molecule has 0 bridgehead atoms. The molecular formula is C15H26N2. The first-order chi connectivity index (χ1) is 8.13. The van der Waals surface area contributed by atoms with Crippen molar-refractivity contribution in [2.45, 2.75) is 33.2 Å². The predicted octanol–water partition coefficient (Wildman–Crippen LogP) is 2.81. The van der Waals surface area contributed by atoms with E-state index in [1.165, 1.54) is 23.1 Å². The molecule has 0 aliphatic carbocycles. The molecule has 2 heteroatoms. The molecule has 0 radical (unpaired) electrons. The topological polar surface area (TPSA) is 24.1 Å². The zero-order valence-electron chi connectivity index (χ0n) is 11.8. The van der Waals surface area contributed by atoms with Gasteiger partial charge in [-0.15, -0.1) is 0 Å². The second-order valence-corrected chi connectivity index (χ2v) is 4.85. The summed E-state index contributed by atoms with van der Waals surface area (Å²) in [6.07, 6.45) is 1.18. The lowest BCUT2D eigenvalue weighted by Crippen LogP contribution is -2.32. The molecule has 0 aliphatic heterocycles. The van der Waals surface area contributed by atoms with Gasteiger partial charge in [-0.1, -0.05) is 37.1 Å². The van der Waals surface area contributed by atoms with Crippen molar-refractivity contribution < 1.29 is 0 Å². The lowest BCUT2D eigenvalue weighted by Gasteiger charge is -2.28. The third-order valence-electron chi connectivity index (χ3n) is 3.54. The average Bonchev–Trinajstić information content (AvgIpc) is 2.33. The highest BCUT2D eigenvalue weighted by molar-refractivity contribution is 5.33. The molecule has 0 saturated heterocycles. The molecule has 2 atom stereocenters. The average molecular weight is 234 g/mol. The summed E-state index contributed by atoms with van der Waals surface area (Å²) in [6, 6.07) is 7.16. The van der Waals surface area contributed by atoms with Crippen LogP contribution in [-0.2, 0) is 0 Å². The van der Waals surface area contributed by atoms with E-state index in [2.05, 4.69) is 56.7 Å². The fourth-order valence-electron chi connectivity index (χ4n) is 2.50. The van der Waals surface area contributed by atoms with Crippen LogP contribution in [0, 0.1) is 19.8 Å². The molecule has 0 aromatic heterocycles. The summed E-state index contributed by atoms with van der Waals surface area (Å²) < 4.78 is 0. The second-order valence-electron chi connectivity index (χ2n) is 4.85.